The number of rotatable bonds is 8. The summed E-state index contributed by atoms with van der Waals surface area (Å²) in [4.78, 5) is 17.5. The Morgan fingerprint density at radius 2 is 1.97 bits per heavy atom. The zero-order chi connectivity index (χ0) is 20.9. The second kappa shape index (κ2) is 9.60. The second-order valence-electron chi connectivity index (χ2n) is 6.25. The third-order valence-electron chi connectivity index (χ3n) is 4.32. The van der Waals surface area contributed by atoms with Crippen molar-refractivity contribution in [3.63, 3.8) is 0 Å². The third kappa shape index (κ3) is 5.29. The van der Waals surface area contributed by atoms with Crippen LogP contribution < -0.4 is 9.54 Å². The van der Waals surface area contributed by atoms with Crippen LogP contribution in [0.3, 0.4) is 0 Å². The fourth-order valence-electron chi connectivity index (χ4n) is 2.79. The van der Waals surface area contributed by atoms with E-state index in [2.05, 4.69) is 4.99 Å². The summed E-state index contributed by atoms with van der Waals surface area (Å²) in [5, 5.41) is 0. The van der Waals surface area contributed by atoms with Gasteiger partial charge in [0.1, 0.15) is 5.75 Å². The highest BCUT2D eigenvalue weighted by Gasteiger charge is 2.16. The molecular formula is C20H22N2O4S3. The first-order valence-electron chi connectivity index (χ1n) is 8.96. The number of aromatic nitrogens is 1. The maximum Gasteiger partial charge on any atom is 0.249 e. The summed E-state index contributed by atoms with van der Waals surface area (Å²) >= 11 is 3.11. The smallest absolute Gasteiger partial charge is 0.249 e. The number of thiazole rings is 1. The average Bonchev–Trinajstić information content (AvgIpc) is 3.07. The number of amides is 1. The third-order valence-corrected chi connectivity index (χ3v) is 7.68. The largest absolute Gasteiger partial charge is 0.497 e. The van der Waals surface area contributed by atoms with E-state index in [9.17, 15) is 13.2 Å². The number of fused-ring (bicyclic) bond motifs is 1. The number of benzene rings is 2. The van der Waals surface area contributed by atoms with Crippen molar-refractivity contribution in [3.8, 4) is 5.75 Å². The lowest BCUT2D eigenvalue weighted by molar-refractivity contribution is -0.117. The van der Waals surface area contributed by atoms with E-state index in [-0.39, 0.29) is 17.1 Å². The molecule has 0 aliphatic carbocycles. The Bertz CT molecular complexity index is 1170. The summed E-state index contributed by atoms with van der Waals surface area (Å²) < 4.78 is 33.0. The SMILES string of the molecule is COc1ccc2c(c1)sc(=NC(=O)CCS(=O)(=O)c1ccccc1)n2CCSC. The molecule has 0 saturated carbocycles. The number of thioether (sulfide) groups is 1. The molecule has 0 atom stereocenters. The molecule has 1 aromatic heterocycles. The number of aryl methyl sites for hydroxylation is 1. The van der Waals surface area contributed by atoms with Gasteiger partial charge < -0.3 is 9.30 Å². The number of sulfone groups is 1. The van der Waals surface area contributed by atoms with Crippen LogP contribution in [0.1, 0.15) is 6.42 Å². The van der Waals surface area contributed by atoms with Gasteiger partial charge in [0, 0.05) is 18.7 Å². The minimum Gasteiger partial charge on any atom is -0.497 e. The molecule has 2 aromatic carbocycles. The van der Waals surface area contributed by atoms with Gasteiger partial charge in [0.2, 0.25) is 5.91 Å². The van der Waals surface area contributed by atoms with Crippen LogP contribution in [0.2, 0.25) is 0 Å². The highest BCUT2D eigenvalue weighted by molar-refractivity contribution is 7.98. The van der Waals surface area contributed by atoms with Gasteiger partial charge in [-0.3, -0.25) is 4.79 Å². The summed E-state index contributed by atoms with van der Waals surface area (Å²) in [7, 11) is -1.90. The number of carbonyl (C=O) groups excluding carboxylic acids is 1. The molecule has 0 bridgehead atoms. The van der Waals surface area contributed by atoms with Gasteiger partial charge in [-0.2, -0.15) is 16.8 Å². The molecule has 154 valence electrons. The molecule has 6 nitrogen and oxygen atoms in total. The van der Waals surface area contributed by atoms with Crippen molar-refractivity contribution in [1.29, 1.82) is 0 Å². The Kier molecular flexibility index (Phi) is 7.15. The van der Waals surface area contributed by atoms with E-state index < -0.39 is 15.7 Å². The lowest BCUT2D eigenvalue weighted by atomic mass is 10.3. The zero-order valence-corrected chi connectivity index (χ0v) is 18.6. The lowest BCUT2D eigenvalue weighted by Gasteiger charge is -2.05. The van der Waals surface area contributed by atoms with E-state index in [1.54, 1.807) is 37.1 Å². The van der Waals surface area contributed by atoms with Crippen LogP contribution in [0.25, 0.3) is 10.2 Å². The Morgan fingerprint density at radius 3 is 2.66 bits per heavy atom. The normalized spacial score (nSPS) is 12.4. The number of nitrogens with zero attached hydrogens (tertiary/aromatic N) is 2. The molecule has 9 heteroatoms. The molecule has 0 radical (unpaired) electrons. The maximum absolute atomic E-state index is 12.4. The standard InChI is InChI=1S/C20H22N2O4S3/c1-26-15-8-9-17-18(14-15)28-20(22(17)11-12-27-2)21-19(23)10-13-29(24,25)16-6-4-3-5-7-16/h3-9,14H,10-13H2,1-2H3. The molecule has 0 unspecified atom stereocenters. The van der Waals surface area contributed by atoms with Gasteiger partial charge in [-0.05, 0) is 36.6 Å². The van der Waals surface area contributed by atoms with Gasteiger partial charge in [-0.25, -0.2) is 8.42 Å². The van der Waals surface area contributed by atoms with Crippen LogP contribution in [-0.4, -0.2) is 43.8 Å². The Balaban J connectivity index is 1.87. The predicted octanol–water partition coefficient (Wildman–Crippen LogP) is 3.37. The van der Waals surface area contributed by atoms with Gasteiger partial charge in [0.05, 0.1) is 28.0 Å². The molecule has 1 amide bonds. The van der Waals surface area contributed by atoms with Crippen LogP contribution in [-0.2, 0) is 21.2 Å². The number of ether oxygens (including phenoxy) is 1. The Hall–Kier alpha value is -2.10. The molecule has 0 N–H and O–H groups in total. The average molecular weight is 451 g/mol. The van der Waals surface area contributed by atoms with E-state index >= 15 is 0 Å². The fraction of sp³-hybridized carbons (Fsp3) is 0.300. The predicted molar refractivity (Wildman–Crippen MR) is 118 cm³/mol. The number of hydrogen-bond acceptors (Lipinski definition) is 6. The molecule has 0 spiro atoms. The zero-order valence-electron chi connectivity index (χ0n) is 16.2. The fourth-order valence-corrected chi connectivity index (χ4v) is 5.51. The number of hydrogen-bond donors (Lipinski definition) is 0. The molecule has 3 rings (SSSR count). The van der Waals surface area contributed by atoms with Crippen molar-refractivity contribution in [2.24, 2.45) is 4.99 Å². The molecule has 0 aliphatic heterocycles. The summed E-state index contributed by atoms with van der Waals surface area (Å²) in [6, 6.07) is 13.9. The molecule has 0 fully saturated rings. The quantitative estimate of drug-likeness (QED) is 0.526. The van der Waals surface area contributed by atoms with E-state index in [4.69, 9.17) is 4.74 Å². The number of carbonyl (C=O) groups is 1. The molecule has 0 aliphatic rings. The molecule has 29 heavy (non-hydrogen) atoms. The summed E-state index contributed by atoms with van der Waals surface area (Å²) in [6.07, 6.45) is 1.87. The van der Waals surface area contributed by atoms with Crippen molar-refractivity contribution in [3.05, 3.63) is 53.3 Å². The van der Waals surface area contributed by atoms with Crippen molar-refractivity contribution in [2.45, 2.75) is 17.9 Å². The lowest BCUT2D eigenvalue weighted by Crippen LogP contribution is -2.19. The first-order chi connectivity index (χ1) is 13.9. The van der Waals surface area contributed by atoms with Crippen molar-refractivity contribution < 1.29 is 17.9 Å². The van der Waals surface area contributed by atoms with Gasteiger partial charge >= 0.3 is 0 Å². The van der Waals surface area contributed by atoms with E-state index in [0.29, 0.717) is 11.3 Å². The first kappa shape index (κ1) is 21.6. The van der Waals surface area contributed by atoms with Crippen molar-refractivity contribution in [1.82, 2.24) is 4.57 Å². The minimum absolute atomic E-state index is 0.155. The minimum atomic E-state index is -3.51. The molecular weight excluding hydrogens is 428 g/mol. The van der Waals surface area contributed by atoms with Crippen LogP contribution in [0.4, 0.5) is 0 Å². The molecule has 3 aromatic rings. The molecule has 0 saturated heterocycles. The highest BCUT2D eigenvalue weighted by atomic mass is 32.2. The van der Waals surface area contributed by atoms with E-state index in [1.807, 2.05) is 29.0 Å². The van der Waals surface area contributed by atoms with Crippen LogP contribution in [0, 0.1) is 0 Å². The topological polar surface area (TPSA) is 77.7 Å². The Labute approximate surface area is 178 Å². The second-order valence-corrected chi connectivity index (χ2v) is 10.4. The summed E-state index contributed by atoms with van der Waals surface area (Å²) in [5.74, 6) is 0.911. The van der Waals surface area contributed by atoms with E-state index in [1.165, 1.54) is 23.5 Å². The van der Waals surface area contributed by atoms with Gasteiger partial charge in [0.15, 0.2) is 14.6 Å². The van der Waals surface area contributed by atoms with Gasteiger partial charge in [-0.15, -0.1) is 0 Å². The van der Waals surface area contributed by atoms with Gasteiger partial charge in [0.25, 0.3) is 0 Å². The van der Waals surface area contributed by atoms with Crippen LogP contribution in [0.15, 0.2) is 58.4 Å². The number of methoxy groups -OCH3 is 1. The summed E-state index contributed by atoms with van der Waals surface area (Å²) in [5.41, 5.74) is 0.980. The Morgan fingerprint density at radius 1 is 1.21 bits per heavy atom. The molecule has 1 heterocycles. The van der Waals surface area contributed by atoms with Crippen LogP contribution in [0.5, 0.6) is 5.75 Å². The highest BCUT2D eigenvalue weighted by Crippen LogP contribution is 2.23. The van der Waals surface area contributed by atoms with E-state index in [0.717, 1.165) is 21.7 Å². The first-order valence-corrected chi connectivity index (χ1v) is 12.8. The van der Waals surface area contributed by atoms with Gasteiger partial charge in [-0.1, -0.05) is 29.5 Å². The van der Waals surface area contributed by atoms with Crippen LogP contribution >= 0.6 is 23.1 Å². The maximum atomic E-state index is 12.4. The van der Waals surface area contributed by atoms with Crippen molar-refractivity contribution >= 4 is 49.1 Å². The summed E-state index contributed by atoms with van der Waals surface area (Å²) in [6.45, 7) is 0.710. The van der Waals surface area contributed by atoms with Crippen molar-refractivity contribution in [2.75, 3.05) is 24.9 Å². The monoisotopic (exact) mass is 450 g/mol.